The SMILES string of the molecule is CC(C)Cn1ncnc1CC1(O)CSCC(C)(C)C1. The van der Waals surface area contributed by atoms with Crippen molar-refractivity contribution in [1.82, 2.24) is 14.8 Å². The molecular weight excluding hydrogens is 258 g/mol. The Hall–Kier alpha value is -0.550. The number of nitrogens with zero attached hydrogens (tertiary/aromatic N) is 3. The molecule has 1 aliphatic rings. The molecule has 1 N–H and O–H groups in total. The fourth-order valence-electron chi connectivity index (χ4n) is 2.84. The van der Waals surface area contributed by atoms with Crippen LogP contribution < -0.4 is 0 Å². The van der Waals surface area contributed by atoms with Crippen molar-refractivity contribution in [3.8, 4) is 0 Å². The maximum Gasteiger partial charge on any atom is 0.138 e. The van der Waals surface area contributed by atoms with Crippen molar-refractivity contribution in [3.05, 3.63) is 12.2 Å². The first-order valence-electron chi connectivity index (χ1n) is 6.97. The van der Waals surface area contributed by atoms with Crippen molar-refractivity contribution in [2.24, 2.45) is 11.3 Å². The second-order valence-corrected chi connectivity index (χ2v) is 7.97. The van der Waals surface area contributed by atoms with Gasteiger partial charge in [0.15, 0.2) is 0 Å². The van der Waals surface area contributed by atoms with Gasteiger partial charge in [0.25, 0.3) is 0 Å². The first-order chi connectivity index (χ1) is 8.80. The summed E-state index contributed by atoms with van der Waals surface area (Å²) in [5.41, 5.74) is -0.450. The lowest BCUT2D eigenvalue weighted by molar-refractivity contribution is 0.0172. The van der Waals surface area contributed by atoms with Gasteiger partial charge < -0.3 is 5.11 Å². The predicted molar refractivity (Wildman–Crippen MR) is 79.2 cm³/mol. The van der Waals surface area contributed by atoms with Crippen LogP contribution in [0.3, 0.4) is 0 Å². The molecule has 0 saturated carbocycles. The Bertz CT molecular complexity index is 430. The zero-order valence-electron chi connectivity index (χ0n) is 12.4. The Labute approximate surface area is 120 Å². The van der Waals surface area contributed by atoms with Crippen LogP contribution >= 0.6 is 11.8 Å². The summed E-state index contributed by atoms with van der Waals surface area (Å²) in [6.45, 7) is 9.65. The van der Waals surface area contributed by atoms with Crippen LogP contribution in [-0.4, -0.2) is 37.0 Å². The zero-order valence-corrected chi connectivity index (χ0v) is 13.2. The standard InChI is InChI=1S/C14H25N3OS/c1-11(2)6-17-12(15-10-16-17)5-14(18)7-13(3,4)8-19-9-14/h10-11,18H,5-9H2,1-4H3. The Morgan fingerprint density at radius 3 is 2.79 bits per heavy atom. The van der Waals surface area contributed by atoms with Crippen molar-refractivity contribution in [2.75, 3.05) is 11.5 Å². The van der Waals surface area contributed by atoms with Crippen molar-refractivity contribution in [3.63, 3.8) is 0 Å². The molecule has 1 aromatic heterocycles. The Morgan fingerprint density at radius 2 is 2.16 bits per heavy atom. The highest BCUT2D eigenvalue weighted by Gasteiger charge is 2.40. The number of rotatable bonds is 4. The molecular formula is C14H25N3OS. The summed E-state index contributed by atoms with van der Waals surface area (Å²) in [6.07, 6.45) is 3.04. The van der Waals surface area contributed by atoms with Crippen LogP contribution in [0.1, 0.15) is 39.9 Å². The van der Waals surface area contributed by atoms with Gasteiger partial charge in [-0.1, -0.05) is 27.7 Å². The van der Waals surface area contributed by atoms with E-state index in [2.05, 4.69) is 37.8 Å². The molecule has 1 aromatic rings. The molecule has 2 rings (SSSR count). The molecule has 1 fully saturated rings. The van der Waals surface area contributed by atoms with Gasteiger partial charge in [-0.2, -0.15) is 16.9 Å². The van der Waals surface area contributed by atoms with E-state index in [1.807, 2.05) is 16.4 Å². The molecule has 1 unspecified atom stereocenters. The minimum absolute atomic E-state index is 0.195. The lowest BCUT2D eigenvalue weighted by Crippen LogP contribution is -2.44. The van der Waals surface area contributed by atoms with Crippen molar-refractivity contribution in [1.29, 1.82) is 0 Å². The normalized spacial score (nSPS) is 26.8. The molecule has 0 spiro atoms. The summed E-state index contributed by atoms with van der Waals surface area (Å²) in [5, 5.41) is 15.1. The first kappa shape index (κ1) is 14.9. The van der Waals surface area contributed by atoms with Crippen molar-refractivity contribution in [2.45, 2.75) is 52.7 Å². The largest absolute Gasteiger partial charge is 0.389 e. The maximum atomic E-state index is 10.8. The molecule has 1 saturated heterocycles. The van der Waals surface area contributed by atoms with Gasteiger partial charge in [-0.25, -0.2) is 9.67 Å². The summed E-state index contributed by atoms with van der Waals surface area (Å²) in [4.78, 5) is 4.34. The molecule has 0 amide bonds. The number of aromatic nitrogens is 3. The number of hydrogen-bond acceptors (Lipinski definition) is 4. The summed E-state index contributed by atoms with van der Waals surface area (Å²) < 4.78 is 1.94. The average molecular weight is 283 g/mol. The van der Waals surface area contributed by atoms with E-state index in [9.17, 15) is 5.11 Å². The van der Waals surface area contributed by atoms with E-state index in [4.69, 9.17) is 0 Å². The highest BCUT2D eigenvalue weighted by Crippen LogP contribution is 2.40. The van der Waals surface area contributed by atoms with Crippen LogP contribution in [0, 0.1) is 11.3 Å². The molecule has 108 valence electrons. The van der Waals surface area contributed by atoms with E-state index in [-0.39, 0.29) is 5.41 Å². The number of aliphatic hydroxyl groups is 1. The van der Waals surface area contributed by atoms with E-state index >= 15 is 0 Å². The molecule has 1 aliphatic heterocycles. The molecule has 19 heavy (non-hydrogen) atoms. The van der Waals surface area contributed by atoms with Gasteiger partial charge in [0.05, 0.1) is 5.60 Å². The minimum Gasteiger partial charge on any atom is -0.389 e. The number of hydrogen-bond donors (Lipinski definition) is 1. The summed E-state index contributed by atoms with van der Waals surface area (Å²) in [7, 11) is 0. The molecule has 4 nitrogen and oxygen atoms in total. The Morgan fingerprint density at radius 1 is 1.42 bits per heavy atom. The molecule has 5 heteroatoms. The summed E-state index contributed by atoms with van der Waals surface area (Å²) in [6, 6.07) is 0. The second-order valence-electron chi connectivity index (χ2n) is 6.99. The van der Waals surface area contributed by atoms with Crippen molar-refractivity contribution < 1.29 is 5.11 Å². The minimum atomic E-state index is -0.645. The predicted octanol–water partition coefficient (Wildman–Crippen LogP) is 2.37. The van der Waals surface area contributed by atoms with E-state index in [0.717, 1.165) is 30.3 Å². The molecule has 0 bridgehead atoms. The van der Waals surface area contributed by atoms with E-state index < -0.39 is 5.60 Å². The monoisotopic (exact) mass is 283 g/mol. The lowest BCUT2D eigenvalue weighted by Gasteiger charge is -2.40. The summed E-state index contributed by atoms with van der Waals surface area (Å²) >= 11 is 1.84. The zero-order chi connectivity index (χ0) is 14.1. The van der Waals surface area contributed by atoms with E-state index in [1.165, 1.54) is 0 Å². The third-order valence-electron chi connectivity index (χ3n) is 3.39. The third kappa shape index (κ3) is 3.96. The van der Waals surface area contributed by atoms with Crippen LogP contribution in [0.4, 0.5) is 0 Å². The van der Waals surface area contributed by atoms with Crippen LogP contribution in [0.2, 0.25) is 0 Å². The van der Waals surface area contributed by atoms with E-state index in [1.54, 1.807) is 6.33 Å². The highest BCUT2D eigenvalue weighted by molar-refractivity contribution is 7.99. The average Bonchev–Trinajstić information content (AvgIpc) is 2.61. The quantitative estimate of drug-likeness (QED) is 0.921. The van der Waals surface area contributed by atoms with E-state index in [0.29, 0.717) is 12.3 Å². The van der Waals surface area contributed by atoms with Crippen LogP contribution in [0.15, 0.2) is 6.33 Å². The smallest absolute Gasteiger partial charge is 0.138 e. The third-order valence-corrected chi connectivity index (χ3v) is 5.12. The van der Waals surface area contributed by atoms with Crippen LogP contribution in [0.5, 0.6) is 0 Å². The summed E-state index contributed by atoms with van der Waals surface area (Å²) in [5.74, 6) is 3.36. The van der Waals surface area contributed by atoms with Gasteiger partial charge >= 0.3 is 0 Å². The number of thioether (sulfide) groups is 1. The topological polar surface area (TPSA) is 50.9 Å². The molecule has 0 aliphatic carbocycles. The fraction of sp³-hybridized carbons (Fsp3) is 0.857. The van der Waals surface area contributed by atoms with Gasteiger partial charge in [0, 0.05) is 18.7 Å². The highest BCUT2D eigenvalue weighted by atomic mass is 32.2. The van der Waals surface area contributed by atoms with Gasteiger partial charge in [-0.05, 0) is 23.5 Å². The Balaban J connectivity index is 2.10. The van der Waals surface area contributed by atoms with Gasteiger partial charge in [-0.15, -0.1) is 0 Å². The molecule has 1 atom stereocenters. The molecule has 2 heterocycles. The van der Waals surface area contributed by atoms with Gasteiger partial charge in [-0.3, -0.25) is 0 Å². The van der Waals surface area contributed by atoms with Crippen LogP contribution in [0.25, 0.3) is 0 Å². The van der Waals surface area contributed by atoms with Gasteiger partial charge in [0.2, 0.25) is 0 Å². The second kappa shape index (κ2) is 5.44. The van der Waals surface area contributed by atoms with Gasteiger partial charge in [0.1, 0.15) is 12.2 Å². The van der Waals surface area contributed by atoms with Crippen LogP contribution in [-0.2, 0) is 13.0 Å². The maximum absolute atomic E-state index is 10.8. The fourth-order valence-corrected chi connectivity index (χ4v) is 4.18. The molecule has 0 radical (unpaired) electrons. The van der Waals surface area contributed by atoms with Crippen molar-refractivity contribution >= 4 is 11.8 Å². The lowest BCUT2D eigenvalue weighted by atomic mass is 9.80. The first-order valence-corrected chi connectivity index (χ1v) is 8.12. The molecule has 0 aromatic carbocycles. The Kier molecular flexibility index (Phi) is 4.26.